The van der Waals surface area contributed by atoms with Gasteiger partial charge in [0.05, 0.1) is 10.8 Å². The first-order valence-corrected chi connectivity index (χ1v) is 9.16. The largest absolute Gasteiger partial charge is 0.481 e. The van der Waals surface area contributed by atoms with E-state index < -0.39 is 33.9 Å². The molecule has 8 heteroatoms. The number of benzene rings is 1. The van der Waals surface area contributed by atoms with Gasteiger partial charge in [0.1, 0.15) is 6.04 Å². The maximum Gasteiger partial charge on any atom is 0.322 e. The summed E-state index contributed by atoms with van der Waals surface area (Å²) in [6, 6.07) is 4.98. The number of carboxylic acids is 2. The Bertz CT molecular complexity index is 725. The highest BCUT2D eigenvalue weighted by Crippen LogP contribution is 2.29. The van der Waals surface area contributed by atoms with Crippen molar-refractivity contribution in [2.45, 2.75) is 43.5 Å². The van der Waals surface area contributed by atoms with Gasteiger partial charge in [0.15, 0.2) is 0 Å². The minimum atomic E-state index is -3.99. The Morgan fingerprint density at radius 2 is 1.71 bits per heavy atom. The molecule has 0 amide bonds. The summed E-state index contributed by atoms with van der Waals surface area (Å²) in [5.41, 5.74) is 0.980. The lowest BCUT2D eigenvalue weighted by atomic mass is 9.93. The molecule has 2 atom stereocenters. The van der Waals surface area contributed by atoms with Gasteiger partial charge in [0, 0.05) is 6.54 Å². The van der Waals surface area contributed by atoms with Gasteiger partial charge in [0.2, 0.25) is 10.0 Å². The van der Waals surface area contributed by atoms with E-state index in [1.807, 2.05) is 13.8 Å². The summed E-state index contributed by atoms with van der Waals surface area (Å²) >= 11 is 0. The third-order valence-corrected chi connectivity index (χ3v) is 6.26. The molecule has 2 N–H and O–H groups in total. The molecule has 1 aliphatic rings. The molecule has 1 heterocycles. The fourth-order valence-electron chi connectivity index (χ4n) is 2.84. The molecule has 2 rings (SSSR count). The second-order valence-electron chi connectivity index (χ2n) is 6.25. The molecule has 0 bridgehead atoms. The summed E-state index contributed by atoms with van der Waals surface area (Å²) < 4.78 is 26.5. The van der Waals surface area contributed by atoms with Gasteiger partial charge in [0.25, 0.3) is 0 Å². The number of rotatable bonds is 5. The Labute approximate surface area is 141 Å². The van der Waals surface area contributed by atoms with Crippen molar-refractivity contribution < 1.29 is 28.2 Å². The van der Waals surface area contributed by atoms with E-state index in [1.165, 1.54) is 12.1 Å². The van der Waals surface area contributed by atoms with Crippen molar-refractivity contribution in [2.24, 2.45) is 5.92 Å². The molecule has 0 aliphatic carbocycles. The first-order chi connectivity index (χ1) is 11.1. The average Bonchev–Trinajstić information content (AvgIpc) is 2.54. The molecule has 1 aromatic carbocycles. The fraction of sp³-hybridized carbons (Fsp3) is 0.500. The Morgan fingerprint density at radius 3 is 2.17 bits per heavy atom. The lowest BCUT2D eigenvalue weighted by Gasteiger charge is -2.34. The molecule has 1 saturated heterocycles. The number of aliphatic carboxylic acids is 2. The average molecular weight is 355 g/mol. The van der Waals surface area contributed by atoms with Crippen LogP contribution in [0.25, 0.3) is 0 Å². The Balaban J connectivity index is 2.33. The van der Waals surface area contributed by atoms with Crippen LogP contribution < -0.4 is 0 Å². The SMILES string of the molecule is CC(C)c1ccc(S(=O)(=O)N2CC[C@@H](C(=O)O)C[C@@H]2C(=O)O)cc1. The van der Waals surface area contributed by atoms with E-state index >= 15 is 0 Å². The topological polar surface area (TPSA) is 112 Å². The third-order valence-electron chi connectivity index (χ3n) is 4.34. The normalized spacial score (nSPS) is 22.5. The summed E-state index contributed by atoms with van der Waals surface area (Å²) in [5, 5.41) is 18.4. The number of hydrogen-bond donors (Lipinski definition) is 2. The zero-order valence-electron chi connectivity index (χ0n) is 13.5. The van der Waals surface area contributed by atoms with Crippen LogP contribution in [0.4, 0.5) is 0 Å². The standard InChI is InChI=1S/C16H21NO6S/c1-10(2)11-3-5-13(6-4-11)24(22,23)17-8-7-12(15(18)19)9-14(17)16(20)21/h3-6,10,12,14H,7-9H2,1-2H3,(H,18,19)(H,20,21)/t12-,14-/m1/s1. The van der Waals surface area contributed by atoms with Crippen LogP contribution in [0, 0.1) is 5.92 Å². The molecule has 0 unspecified atom stereocenters. The molecule has 132 valence electrons. The molecule has 0 spiro atoms. The highest BCUT2D eigenvalue weighted by molar-refractivity contribution is 7.89. The van der Waals surface area contributed by atoms with Crippen molar-refractivity contribution in [1.29, 1.82) is 0 Å². The van der Waals surface area contributed by atoms with Gasteiger partial charge in [-0.15, -0.1) is 0 Å². The van der Waals surface area contributed by atoms with Gasteiger partial charge in [-0.05, 0) is 36.5 Å². The highest BCUT2D eigenvalue weighted by Gasteiger charge is 2.42. The molecule has 7 nitrogen and oxygen atoms in total. The molecule has 1 fully saturated rings. The van der Waals surface area contributed by atoms with E-state index in [-0.39, 0.29) is 30.2 Å². The molecule has 0 aromatic heterocycles. The minimum absolute atomic E-state index is 0.0203. The summed E-state index contributed by atoms with van der Waals surface area (Å²) in [5.74, 6) is -3.02. The monoisotopic (exact) mass is 355 g/mol. The maximum atomic E-state index is 12.8. The van der Waals surface area contributed by atoms with E-state index in [2.05, 4.69) is 0 Å². The van der Waals surface area contributed by atoms with E-state index in [4.69, 9.17) is 5.11 Å². The van der Waals surface area contributed by atoms with Crippen molar-refractivity contribution in [1.82, 2.24) is 4.31 Å². The number of hydrogen-bond acceptors (Lipinski definition) is 4. The molecule has 1 aliphatic heterocycles. The van der Waals surface area contributed by atoms with Crippen LogP contribution >= 0.6 is 0 Å². The van der Waals surface area contributed by atoms with Crippen LogP contribution in [0.3, 0.4) is 0 Å². The summed E-state index contributed by atoms with van der Waals surface area (Å²) in [6.45, 7) is 3.85. The predicted octanol–water partition coefficient (Wildman–Crippen LogP) is 1.75. The summed E-state index contributed by atoms with van der Waals surface area (Å²) in [4.78, 5) is 22.6. The van der Waals surface area contributed by atoms with Crippen LogP contribution in [0.15, 0.2) is 29.2 Å². The second-order valence-corrected chi connectivity index (χ2v) is 8.14. The first-order valence-electron chi connectivity index (χ1n) is 7.72. The van der Waals surface area contributed by atoms with Crippen LogP contribution in [0.5, 0.6) is 0 Å². The molecule has 0 saturated carbocycles. The number of sulfonamides is 1. The Kier molecular flexibility index (Phi) is 5.29. The zero-order chi connectivity index (χ0) is 18.1. The number of carbonyl (C=O) groups is 2. The molecule has 0 radical (unpaired) electrons. The van der Waals surface area contributed by atoms with E-state index in [0.29, 0.717) is 0 Å². The Morgan fingerprint density at radius 1 is 1.12 bits per heavy atom. The van der Waals surface area contributed by atoms with Crippen molar-refractivity contribution in [3.63, 3.8) is 0 Å². The second kappa shape index (κ2) is 6.90. The molecular weight excluding hydrogens is 334 g/mol. The van der Waals surface area contributed by atoms with Crippen LogP contribution in [-0.2, 0) is 19.6 Å². The van der Waals surface area contributed by atoms with Gasteiger partial charge in [-0.2, -0.15) is 4.31 Å². The minimum Gasteiger partial charge on any atom is -0.481 e. The van der Waals surface area contributed by atoms with Crippen LogP contribution in [0.1, 0.15) is 38.2 Å². The first kappa shape index (κ1) is 18.4. The maximum absolute atomic E-state index is 12.8. The van der Waals surface area contributed by atoms with Gasteiger partial charge < -0.3 is 10.2 Å². The van der Waals surface area contributed by atoms with E-state index in [9.17, 15) is 23.1 Å². The third kappa shape index (κ3) is 3.59. The lowest BCUT2D eigenvalue weighted by Crippen LogP contribution is -2.51. The summed E-state index contributed by atoms with van der Waals surface area (Å²) in [6.07, 6.45) is -0.129. The van der Waals surface area contributed by atoms with Crippen molar-refractivity contribution >= 4 is 22.0 Å². The van der Waals surface area contributed by atoms with Crippen LogP contribution in [0.2, 0.25) is 0 Å². The molecule has 1 aromatic rings. The number of nitrogens with zero attached hydrogens (tertiary/aromatic N) is 1. The highest BCUT2D eigenvalue weighted by atomic mass is 32.2. The Hall–Kier alpha value is -1.93. The zero-order valence-corrected chi connectivity index (χ0v) is 14.4. The van der Waals surface area contributed by atoms with Crippen molar-refractivity contribution in [3.05, 3.63) is 29.8 Å². The van der Waals surface area contributed by atoms with E-state index in [1.54, 1.807) is 12.1 Å². The number of piperidine rings is 1. The number of carboxylic acid groups (broad SMARTS) is 2. The fourth-order valence-corrected chi connectivity index (χ4v) is 4.45. The van der Waals surface area contributed by atoms with Crippen LogP contribution in [-0.4, -0.2) is 47.5 Å². The van der Waals surface area contributed by atoms with Gasteiger partial charge in [-0.25, -0.2) is 8.42 Å². The van der Waals surface area contributed by atoms with Gasteiger partial charge in [-0.1, -0.05) is 26.0 Å². The summed E-state index contributed by atoms with van der Waals surface area (Å²) in [7, 11) is -3.99. The predicted molar refractivity (Wildman–Crippen MR) is 86.2 cm³/mol. The van der Waals surface area contributed by atoms with E-state index in [0.717, 1.165) is 9.87 Å². The van der Waals surface area contributed by atoms with Crippen molar-refractivity contribution in [2.75, 3.05) is 6.54 Å². The molecular formula is C16H21NO6S. The molecule has 24 heavy (non-hydrogen) atoms. The van der Waals surface area contributed by atoms with Gasteiger partial charge >= 0.3 is 11.9 Å². The van der Waals surface area contributed by atoms with Crippen molar-refractivity contribution in [3.8, 4) is 0 Å². The quantitative estimate of drug-likeness (QED) is 0.832. The lowest BCUT2D eigenvalue weighted by molar-refractivity contribution is -0.148. The van der Waals surface area contributed by atoms with Gasteiger partial charge in [-0.3, -0.25) is 9.59 Å². The smallest absolute Gasteiger partial charge is 0.322 e.